The molecule has 0 radical (unpaired) electrons. The minimum atomic E-state index is -1.54. The number of aliphatic hydroxyl groups is 4. The van der Waals surface area contributed by atoms with Gasteiger partial charge in [0.05, 0.1) is 19.8 Å². The second kappa shape index (κ2) is 44.1. The number of hydrogen-bond donors (Lipinski definition) is 4. The van der Waals surface area contributed by atoms with Gasteiger partial charge in [0.15, 0.2) is 6.29 Å². The third-order valence-corrected chi connectivity index (χ3v) is 11.4. The predicted octanol–water partition coefficient (Wildman–Crippen LogP) is 12.3. The van der Waals surface area contributed by atoms with Crippen LogP contribution in [0.4, 0.5) is 0 Å². The number of allylic oxidation sites excluding steroid dienone is 10. The first kappa shape index (κ1) is 57.9. The van der Waals surface area contributed by atoms with Gasteiger partial charge in [-0.1, -0.05) is 184 Å². The summed E-state index contributed by atoms with van der Waals surface area (Å²) in [5, 5.41) is 40.2. The number of rotatable bonds is 43. The van der Waals surface area contributed by atoms with Gasteiger partial charge in [0.2, 0.25) is 0 Å². The highest BCUT2D eigenvalue weighted by atomic mass is 16.7. The Morgan fingerprint density at radius 2 is 0.968 bits per heavy atom. The zero-order valence-electron chi connectivity index (χ0n) is 39.6. The number of carbonyl (C=O) groups is 1. The summed E-state index contributed by atoms with van der Waals surface area (Å²) < 4.78 is 22.8. The van der Waals surface area contributed by atoms with Crippen molar-refractivity contribution in [3.05, 3.63) is 60.8 Å². The van der Waals surface area contributed by atoms with Crippen molar-refractivity contribution >= 4 is 5.97 Å². The summed E-state index contributed by atoms with van der Waals surface area (Å²) in [4.78, 5) is 12.8. The highest BCUT2D eigenvalue weighted by molar-refractivity contribution is 5.69. The van der Waals surface area contributed by atoms with E-state index < -0.39 is 43.4 Å². The van der Waals surface area contributed by atoms with Crippen molar-refractivity contribution in [1.29, 1.82) is 0 Å². The molecule has 0 saturated carbocycles. The van der Waals surface area contributed by atoms with E-state index in [1.165, 1.54) is 109 Å². The summed E-state index contributed by atoms with van der Waals surface area (Å²) in [6.07, 6.45) is 49.7. The quantitative estimate of drug-likeness (QED) is 0.0268. The average Bonchev–Trinajstić information content (AvgIpc) is 3.27. The number of carbonyl (C=O) groups excluding carboxylic acids is 1. The fourth-order valence-electron chi connectivity index (χ4n) is 7.42. The molecule has 6 unspecified atom stereocenters. The standard InChI is InChI=1S/C53H94O9/c1-3-5-7-9-11-13-15-17-18-19-20-21-22-23-24-25-26-27-28-29-31-33-35-37-39-41-43-59-45-47(46-60-53-52(58)51(57)50(56)48(44-54)62-53)61-49(55)42-40-38-36-34-32-30-16-14-12-10-8-6-4-2/h8,10,14-17,19-20,22-23,47-48,50-54,56-58H,3-7,9,11-13,18,21,24-46H2,1-2H3/b10-8-,16-14-,17-15-,20-19-,23-22-. The van der Waals surface area contributed by atoms with Gasteiger partial charge in [-0.25, -0.2) is 0 Å². The van der Waals surface area contributed by atoms with Crippen molar-refractivity contribution in [2.45, 2.75) is 243 Å². The molecule has 1 aliphatic heterocycles. The van der Waals surface area contributed by atoms with E-state index in [9.17, 15) is 25.2 Å². The molecule has 4 N–H and O–H groups in total. The maximum atomic E-state index is 12.8. The lowest BCUT2D eigenvalue weighted by Crippen LogP contribution is -2.59. The van der Waals surface area contributed by atoms with Gasteiger partial charge >= 0.3 is 5.97 Å². The second-order valence-corrected chi connectivity index (χ2v) is 17.3. The van der Waals surface area contributed by atoms with E-state index in [4.69, 9.17) is 18.9 Å². The SMILES string of the molecule is CCC/C=C\C/C=C\CCCCCCCC(=O)OC(COCCCCCCCCCCCCC/C=C\C/C=C\C/C=C\CCCCCCC)COC1OC(CO)C(O)C(O)C1O. The van der Waals surface area contributed by atoms with Crippen molar-refractivity contribution in [2.75, 3.05) is 26.4 Å². The largest absolute Gasteiger partial charge is 0.457 e. The van der Waals surface area contributed by atoms with Crippen LogP contribution in [0.25, 0.3) is 0 Å². The third-order valence-electron chi connectivity index (χ3n) is 11.4. The Morgan fingerprint density at radius 3 is 1.47 bits per heavy atom. The van der Waals surface area contributed by atoms with Crippen LogP contribution in [-0.4, -0.2) is 89.6 Å². The number of hydrogen-bond acceptors (Lipinski definition) is 9. The molecule has 0 aromatic carbocycles. The zero-order valence-corrected chi connectivity index (χ0v) is 39.6. The molecule has 9 heteroatoms. The van der Waals surface area contributed by atoms with Crippen LogP contribution in [0, 0.1) is 0 Å². The van der Waals surface area contributed by atoms with Gasteiger partial charge in [0.1, 0.15) is 30.5 Å². The molecule has 0 bridgehead atoms. The molecular weight excluding hydrogens is 781 g/mol. The van der Waals surface area contributed by atoms with Crippen LogP contribution in [0.1, 0.15) is 206 Å². The molecule has 360 valence electrons. The van der Waals surface area contributed by atoms with Crippen molar-refractivity contribution in [1.82, 2.24) is 0 Å². The molecule has 6 atom stereocenters. The van der Waals surface area contributed by atoms with Gasteiger partial charge in [-0.05, 0) is 77.0 Å². The van der Waals surface area contributed by atoms with E-state index in [2.05, 4.69) is 74.6 Å². The van der Waals surface area contributed by atoms with Crippen LogP contribution in [0.2, 0.25) is 0 Å². The van der Waals surface area contributed by atoms with Crippen molar-refractivity contribution < 1.29 is 44.2 Å². The molecule has 1 fully saturated rings. The minimum absolute atomic E-state index is 0.122. The Hall–Kier alpha value is -2.11. The molecule has 1 aliphatic rings. The Morgan fingerprint density at radius 1 is 0.516 bits per heavy atom. The Kier molecular flexibility index (Phi) is 41.2. The molecule has 0 spiro atoms. The third kappa shape index (κ3) is 34.3. The van der Waals surface area contributed by atoms with E-state index in [1.807, 2.05) is 0 Å². The van der Waals surface area contributed by atoms with Gasteiger partial charge in [-0.15, -0.1) is 0 Å². The molecule has 0 amide bonds. The van der Waals surface area contributed by atoms with Crippen LogP contribution in [0.5, 0.6) is 0 Å². The fourth-order valence-corrected chi connectivity index (χ4v) is 7.42. The number of unbranched alkanes of at least 4 members (excludes halogenated alkanes) is 22. The Labute approximate surface area is 379 Å². The highest BCUT2D eigenvalue weighted by Gasteiger charge is 2.44. The van der Waals surface area contributed by atoms with Crippen LogP contribution < -0.4 is 0 Å². The van der Waals surface area contributed by atoms with Gasteiger partial charge in [0, 0.05) is 13.0 Å². The molecule has 1 saturated heterocycles. The minimum Gasteiger partial charge on any atom is -0.457 e. The Bertz CT molecular complexity index is 1130. The monoisotopic (exact) mass is 875 g/mol. The van der Waals surface area contributed by atoms with Gasteiger partial charge < -0.3 is 39.4 Å². The van der Waals surface area contributed by atoms with Crippen molar-refractivity contribution in [3.63, 3.8) is 0 Å². The molecule has 0 aromatic rings. The molecule has 0 aromatic heterocycles. The van der Waals surface area contributed by atoms with Crippen molar-refractivity contribution in [2.24, 2.45) is 0 Å². The summed E-state index contributed by atoms with van der Waals surface area (Å²) in [7, 11) is 0. The average molecular weight is 875 g/mol. The van der Waals surface area contributed by atoms with Gasteiger partial charge in [-0.3, -0.25) is 4.79 Å². The smallest absolute Gasteiger partial charge is 0.306 e. The van der Waals surface area contributed by atoms with E-state index >= 15 is 0 Å². The van der Waals surface area contributed by atoms with Crippen LogP contribution in [0.3, 0.4) is 0 Å². The van der Waals surface area contributed by atoms with Gasteiger partial charge in [-0.2, -0.15) is 0 Å². The highest BCUT2D eigenvalue weighted by Crippen LogP contribution is 2.23. The van der Waals surface area contributed by atoms with Crippen molar-refractivity contribution in [3.8, 4) is 0 Å². The topological polar surface area (TPSA) is 135 Å². The summed E-state index contributed by atoms with van der Waals surface area (Å²) in [5.74, 6) is -0.330. The van der Waals surface area contributed by atoms with Crippen LogP contribution in [0.15, 0.2) is 60.8 Å². The van der Waals surface area contributed by atoms with E-state index in [0.29, 0.717) is 13.0 Å². The lowest BCUT2D eigenvalue weighted by atomic mass is 9.99. The first-order valence-corrected chi connectivity index (χ1v) is 25.4. The first-order chi connectivity index (χ1) is 30.4. The van der Waals surface area contributed by atoms with Crippen LogP contribution >= 0.6 is 0 Å². The zero-order chi connectivity index (χ0) is 45.0. The predicted molar refractivity (Wildman–Crippen MR) is 256 cm³/mol. The summed E-state index contributed by atoms with van der Waals surface area (Å²) in [6.45, 7) is 4.46. The first-order valence-electron chi connectivity index (χ1n) is 25.4. The number of ether oxygens (including phenoxy) is 4. The fraction of sp³-hybridized carbons (Fsp3) is 0.792. The molecule has 1 rings (SSSR count). The number of aliphatic hydroxyl groups excluding tert-OH is 4. The molecule has 62 heavy (non-hydrogen) atoms. The maximum absolute atomic E-state index is 12.8. The summed E-state index contributed by atoms with van der Waals surface area (Å²) >= 11 is 0. The number of esters is 1. The molecule has 0 aliphatic carbocycles. The summed E-state index contributed by atoms with van der Waals surface area (Å²) in [6, 6.07) is 0. The van der Waals surface area contributed by atoms with Gasteiger partial charge in [0.25, 0.3) is 0 Å². The molecule has 1 heterocycles. The lowest BCUT2D eigenvalue weighted by Gasteiger charge is -2.39. The van der Waals surface area contributed by atoms with Crippen LogP contribution in [-0.2, 0) is 23.7 Å². The lowest BCUT2D eigenvalue weighted by molar-refractivity contribution is -0.305. The normalized spacial score (nSPS) is 20.3. The maximum Gasteiger partial charge on any atom is 0.306 e. The van der Waals surface area contributed by atoms with E-state index in [0.717, 1.165) is 77.0 Å². The van der Waals surface area contributed by atoms with E-state index in [1.54, 1.807) is 0 Å². The molecule has 9 nitrogen and oxygen atoms in total. The Balaban J connectivity index is 2.17. The summed E-state index contributed by atoms with van der Waals surface area (Å²) in [5.41, 5.74) is 0. The van der Waals surface area contributed by atoms with E-state index in [-0.39, 0.29) is 19.2 Å². The second-order valence-electron chi connectivity index (χ2n) is 17.3. The molecular formula is C53H94O9.